The Morgan fingerprint density at radius 1 is 1.53 bits per heavy atom. The summed E-state index contributed by atoms with van der Waals surface area (Å²) in [6.07, 6.45) is 1.28. The summed E-state index contributed by atoms with van der Waals surface area (Å²) in [5.74, 6) is 0.922. The van der Waals surface area contributed by atoms with Gasteiger partial charge in [-0.2, -0.15) is 0 Å². The monoisotopic (exact) mass is 208 g/mol. The van der Waals surface area contributed by atoms with E-state index < -0.39 is 0 Å². The molecule has 3 heteroatoms. The van der Waals surface area contributed by atoms with Gasteiger partial charge in [0.2, 0.25) is 0 Å². The maximum atomic E-state index is 10.4. The predicted octanol–water partition coefficient (Wildman–Crippen LogP) is 2.40. The zero-order chi connectivity index (χ0) is 11.4. The van der Waals surface area contributed by atoms with Crippen molar-refractivity contribution < 1.29 is 14.6 Å². The van der Waals surface area contributed by atoms with Crippen LogP contribution in [0.15, 0.2) is 12.1 Å². The van der Waals surface area contributed by atoms with Crippen LogP contribution in [0.25, 0.3) is 0 Å². The summed E-state index contributed by atoms with van der Waals surface area (Å²) in [6, 6.07) is 3.61. The second-order valence-corrected chi connectivity index (χ2v) is 3.63. The third-order valence-electron chi connectivity index (χ3n) is 2.61. The fraction of sp³-hybridized carbons (Fsp3) is 0.417. The highest BCUT2D eigenvalue weighted by molar-refractivity contribution is 5.55. The number of rotatable bonds is 4. The molecule has 15 heavy (non-hydrogen) atoms. The minimum Gasteiger partial charge on any atom is -0.507 e. The minimum absolute atomic E-state index is 0.0344. The molecule has 82 valence electrons. The van der Waals surface area contributed by atoms with Crippen LogP contribution in [0, 0.1) is 6.92 Å². The van der Waals surface area contributed by atoms with E-state index in [9.17, 15) is 9.90 Å². The van der Waals surface area contributed by atoms with E-state index in [0.29, 0.717) is 17.7 Å². The van der Waals surface area contributed by atoms with Crippen molar-refractivity contribution in [2.75, 3.05) is 7.11 Å². The Hall–Kier alpha value is -1.51. The predicted molar refractivity (Wildman–Crippen MR) is 58.5 cm³/mol. The lowest BCUT2D eigenvalue weighted by molar-refractivity contribution is -0.108. The molecule has 0 aliphatic rings. The molecule has 0 aromatic heterocycles. The third kappa shape index (κ3) is 2.29. The molecule has 0 aliphatic carbocycles. The van der Waals surface area contributed by atoms with Gasteiger partial charge in [0, 0.05) is 12.0 Å². The highest BCUT2D eigenvalue weighted by Gasteiger charge is 2.14. The van der Waals surface area contributed by atoms with Gasteiger partial charge in [-0.1, -0.05) is 13.0 Å². The number of carbonyl (C=O) groups is 1. The lowest BCUT2D eigenvalue weighted by Crippen LogP contribution is -1.97. The maximum absolute atomic E-state index is 10.4. The SMILES string of the molecule is COc1ccc(C(C)CC=O)c(O)c1C. The normalized spacial score (nSPS) is 12.2. The summed E-state index contributed by atoms with van der Waals surface area (Å²) in [5, 5.41) is 9.91. The molecule has 1 aromatic rings. The van der Waals surface area contributed by atoms with Crippen molar-refractivity contribution in [3.8, 4) is 11.5 Å². The number of ether oxygens (including phenoxy) is 1. The first kappa shape index (κ1) is 11.6. The molecule has 0 radical (unpaired) electrons. The van der Waals surface area contributed by atoms with Crippen molar-refractivity contribution in [3.05, 3.63) is 23.3 Å². The van der Waals surface area contributed by atoms with Crippen molar-refractivity contribution in [3.63, 3.8) is 0 Å². The molecule has 0 amide bonds. The smallest absolute Gasteiger partial charge is 0.125 e. The molecule has 1 aromatic carbocycles. The number of phenolic OH excluding ortho intramolecular Hbond substituents is 1. The zero-order valence-electron chi connectivity index (χ0n) is 9.28. The van der Waals surface area contributed by atoms with Gasteiger partial charge in [-0.25, -0.2) is 0 Å². The Kier molecular flexibility index (Phi) is 3.72. The van der Waals surface area contributed by atoms with Crippen LogP contribution in [0.2, 0.25) is 0 Å². The number of hydrogen-bond acceptors (Lipinski definition) is 3. The van der Waals surface area contributed by atoms with Gasteiger partial charge in [0.05, 0.1) is 7.11 Å². The van der Waals surface area contributed by atoms with Crippen molar-refractivity contribution in [2.45, 2.75) is 26.2 Å². The largest absolute Gasteiger partial charge is 0.507 e. The Bertz CT molecular complexity index is 358. The fourth-order valence-corrected chi connectivity index (χ4v) is 1.59. The van der Waals surface area contributed by atoms with Gasteiger partial charge < -0.3 is 14.6 Å². The van der Waals surface area contributed by atoms with Crippen LogP contribution < -0.4 is 4.74 Å². The van der Waals surface area contributed by atoms with E-state index in [1.807, 2.05) is 13.0 Å². The van der Waals surface area contributed by atoms with E-state index >= 15 is 0 Å². The quantitative estimate of drug-likeness (QED) is 0.773. The molecule has 0 bridgehead atoms. The molecule has 1 rings (SSSR count). The molecule has 1 unspecified atom stereocenters. The number of phenols is 1. The molecule has 0 fully saturated rings. The number of aldehydes is 1. The number of aromatic hydroxyl groups is 1. The van der Waals surface area contributed by atoms with Crippen molar-refractivity contribution in [2.24, 2.45) is 0 Å². The van der Waals surface area contributed by atoms with Crippen LogP contribution in [0.5, 0.6) is 11.5 Å². The first-order chi connectivity index (χ1) is 7.11. The molecule has 3 nitrogen and oxygen atoms in total. The second kappa shape index (κ2) is 4.82. The molecule has 0 heterocycles. The highest BCUT2D eigenvalue weighted by Crippen LogP contribution is 2.35. The summed E-state index contributed by atoms with van der Waals surface area (Å²) in [6.45, 7) is 3.71. The summed E-state index contributed by atoms with van der Waals surface area (Å²) < 4.78 is 5.09. The molecule has 0 aliphatic heterocycles. The lowest BCUT2D eigenvalue weighted by atomic mass is 9.95. The first-order valence-corrected chi connectivity index (χ1v) is 4.91. The molecule has 0 saturated carbocycles. The number of carbonyl (C=O) groups excluding carboxylic acids is 1. The fourth-order valence-electron chi connectivity index (χ4n) is 1.59. The maximum Gasteiger partial charge on any atom is 0.125 e. The Labute approximate surface area is 89.7 Å². The van der Waals surface area contributed by atoms with Gasteiger partial charge in [-0.3, -0.25) is 0 Å². The Balaban J connectivity index is 3.11. The van der Waals surface area contributed by atoms with E-state index in [4.69, 9.17) is 4.74 Å². The van der Waals surface area contributed by atoms with Gasteiger partial charge in [-0.15, -0.1) is 0 Å². The van der Waals surface area contributed by atoms with Gasteiger partial charge in [0.25, 0.3) is 0 Å². The Morgan fingerprint density at radius 2 is 2.20 bits per heavy atom. The van der Waals surface area contributed by atoms with E-state index in [1.165, 1.54) is 0 Å². The van der Waals surface area contributed by atoms with Crippen LogP contribution in [0.1, 0.15) is 30.4 Å². The average molecular weight is 208 g/mol. The summed E-state index contributed by atoms with van der Waals surface area (Å²) in [7, 11) is 1.57. The number of methoxy groups -OCH3 is 1. The number of benzene rings is 1. The van der Waals surface area contributed by atoms with Crippen LogP contribution in [-0.2, 0) is 4.79 Å². The van der Waals surface area contributed by atoms with E-state index in [0.717, 1.165) is 11.8 Å². The molecular weight excluding hydrogens is 192 g/mol. The van der Waals surface area contributed by atoms with Crippen LogP contribution in [0.3, 0.4) is 0 Å². The Morgan fingerprint density at radius 3 is 2.73 bits per heavy atom. The summed E-state index contributed by atoms with van der Waals surface area (Å²) >= 11 is 0. The molecule has 1 atom stereocenters. The molecule has 0 saturated heterocycles. The van der Waals surface area contributed by atoms with Crippen molar-refractivity contribution >= 4 is 6.29 Å². The summed E-state index contributed by atoms with van der Waals surface area (Å²) in [4.78, 5) is 10.4. The van der Waals surface area contributed by atoms with Gasteiger partial charge in [0.15, 0.2) is 0 Å². The number of hydrogen-bond donors (Lipinski definition) is 1. The molecular formula is C12H16O3. The molecule has 1 N–H and O–H groups in total. The first-order valence-electron chi connectivity index (χ1n) is 4.91. The van der Waals surface area contributed by atoms with Gasteiger partial charge in [-0.05, 0) is 24.5 Å². The standard InChI is InChI=1S/C12H16O3/c1-8(6-7-13)10-4-5-11(15-3)9(2)12(10)14/h4-5,7-8,14H,6H2,1-3H3. The average Bonchev–Trinajstić information content (AvgIpc) is 2.22. The zero-order valence-corrected chi connectivity index (χ0v) is 9.28. The van der Waals surface area contributed by atoms with Gasteiger partial charge >= 0.3 is 0 Å². The van der Waals surface area contributed by atoms with Gasteiger partial charge in [0.1, 0.15) is 17.8 Å². The van der Waals surface area contributed by atoms with Crippen LogP contribution in [0.4, 0.5) is 0 Å². The van der Waals surface area contributed by atoms with Crippen molar-refractivity contribution in [1.82, 2.24) is 0 Å². The van der Waals surface area contributed by atoms with Crippen LogP contribution >= 0.6 is 0 Å². The topological polar surface area (TPSA) is 46.5 Å². The van der Waals surface area contributed by atoms with E-state index in [-0.39, 0.29) is 11.7 Å². The second-order valence-electron chi connectivity index (χ2n) is 3.63. The van der Waals surface area contributed by atoms with Crippen molar-refractivity contribution in [1.29, 1.82) is 0 Å². The van der Waals surface area contributed by atoms with E-state index in [1.54, 1.807) is 20.1 Å². The van der Waals surface area contributed by atoms with Crippen LogP contribution in [-0.4, -0.2) is 18.5 Å². The highest BCUT2D eigenvalue weighted by atomic mass is 16.5. The lowest BCUT2D eigenvalue weighted by Gasteiger charge is -2.14. The molecule has 0 spiro atoms. The third-order valence-corrected chi connectivity index (χ3v) is 2.61. The minimum atomic E-state index is 0.0344. The summed E-state index contributed by atoms with van der Waals surface area (Å²) in [5.41, 5.74) is 1.51. The van der Waals surface area contributed by atoms with E-state index in [2.05, 4.69) is 0 Å².